The Hall–Kier alpha value is -1.40. The molecular weight excluding hydrogens is 468 g/mol. The van der Waals surface area contributed by atoms with Crippen molar-refractivity contribution in [1.29, 1.82) is 0 Å². The zero-order valence-corrected chi connectivity index (χ0v) is 23.2. The van der Waals surface area contributed by atoms with Crippen LogP contribution in [0.4, 0.5) is 0 Å². The standard InChI is InChI=1S/C31H46O6/c1-18-9-14-31(35-17-18)19(2)28-25(37-31)16-24-22-6-5-20-15-21(36-27(34)8-7-26(32)33)10-12-29(20,3)23(22)11-13-30(24,28)4/h5,18-19,21-25,28H,6-17H2,1-4H3,(H,32,33)/t18-,19-,21+,22+,23-,24-,25-,28-,29-,30-,31+/m0/s1. The third-order valence-corrected chi connectivity index (χ3v) is 12.2. The number of esters is 1. The minimum Gasteiger partial charge on any atom is -0.481 e. The predicted octanol–water partition coefficient (Wildman–Crippen LogP) is 6.13. The highest BCUT2D eigenvalue weighted by Crippen LogP contribution is 2.70. The second kappa shape index (κ2) is 9.08. The molecule has 6 nitrogen and oxygen atoms in total. The fourth-order valence-corrected chi connectivity index (χ4v) is 10.2. The van der Waals surface area contributed by atoms with Gasteiger partial charge in [-0.1, -0.05) is 39.3 Å². The number of ether oxygens (including phenoxy) is 3. The number of carbonyl (C=O) groups is 2. The number of allylic oxidation sites excluding steroid dienone is 1. The van der Waals surface area contributed by atoms with Gasteiger partial charge in [0.2, 0.25) is 0 Å². The van der Waals surface area contributed by atoms with E-state index in [0.717, 1.165) is 38.7 Å². The van der Waals surface area contributed by atoms with E-state index in [1.165, 1.54) is 31.3 Å². The van der Waals surface area contributed by atoms with Crippen LogP contribution < -0.4 is 0 Å². The summed E-state index contributed by atoms with van der Waals surface area (Å²) < 4.78 is 19.1. The molecule has 2 aliphatic heterocycles. The summed E-state index contributed by atoms with van der Waals surface area (Å²) in [6.45, 7) is 10.6. The smallest absolute Gasteiger partial charge is 0.306 e. The maximum absolute atomic E-state index is 12.2. The summed E-state index contributed by atoms with van der Waals surface area (Å²) in [6.07, 6.45) is 12.4. The molecule has 206 valence electrons. The third kappa shape index (κ3) is 4.02. The van der Waals surface area contributed by atoms with Gasteiger partial charge in [0.05, 0.1) is 25.6 Å². The van der Waals surface area contributed by atoms with Crippen molar-refractivity contribution in [2.45, 2.75) is 116 Å². The van der Waals surface area contributed by atoms with Crippen LogP contribution in [-0.2, 0) is 23.8 Å². The Morgan fingerprint density at radius 1 is 1.08 bits per heavy atom. The van der Waals surface area contributed by atoms with Crippen LogP contribution >= 0.6 is 0 Å². The first-order valence-corrected chi connectivity index (χ1v) is 15.0. The second-order valence-corrected chi connectivity index (χ2v) is 14.0. The molecule has 0 bridgehead atoms. The zero-order valence-electron chi connectivity index (χ0n) is 23.2. The Morgan fingerprint density at radius 3 is 2.62 bits per heavy atom. The molecule has 1 spiro atoms. The number of carbonyl (C=O) groups excluding carboxylic acids is 1. The quantitative estimate of drug-likeness (QED) is 0.359. The van der Waals surface area contributed by atoms with E-state index in [1.807, 2.05) is 0 Å². The molecule has 37 heavy (non-hydrogen) atoms. The Balaban J connectivity index is 1.16. The number of hydrogen-bond donors (Lipinski definition) is 1. The number of hydrogen-bond acceptors (Lipinski definition) is 5. The Kier molecular flexibility index (Phi) is 6.34. The maximum Gasteiger partial charge on any atom is 0.306 e. The van der Waals surface area contributed by atoms with Crippen molar-refractivity contribution in [3.05, 3.63) is 11.6 Å². The van der Waals surface area contributed by atoms with Crippen molar-refractivity contribution in [3.8, 4) is 0 Å². The highest BCUT2D eigenvalue weighted by molar-refractivity contribution is 5.76. The van der Waals surface area contributed by atoms with Crippen LogP contribution in [0.1, 0.15) is 98.3 Å². The van der Waals surface area contributed by atoms with E-state index in [1.54, 1.807) is 0 Å². The largest absolute Gasteiger partial charge is 0.481 e. The molecule has 4 aliphatic carbocycles. The van der Waals surface area contributed by atoms with Crippen molar-refractivity contribution < 1.29 is 28.9 Å². The van der Waals surface area contributed by atoms with Crippen LogP contribution in [0, 0.1) is 46.3 Å². The molecule has 6 rings (SSSR count). The van der Waals surface area contributed by atoms with E-state index < -0.39 is 5.97 Å². The lowest BCUT2D eigenvalue weighted by Crippen LogP contribution is -2.52. The number of fused-ring (bicyclic) bond motifs is 7. The van der Waals surface area contributed by atoms with Crippen molar-refractivity contribution in [1.82, 2.24) is 0 Å². The molecule has 0 aromatic rings. The van der Waals surface area contributed by atoms with E-state index in [9.17, 15) is 9.59 Å². The van der Waals surface area contributed by atoms with E-state index >= 15 is 0 Å². The van der Waals surface area contributed by atoms with E-state index in [0.29, 0.717) is 47.0 Å². The second-order valence-electron chi connectivity index (χ2n) is 14.0. The third-order valence-electron chi connectivity index (χ3n) is 12.2. The maximum atomic E-state index is 12.2. The van der Waals surface area contributed by atoms with Crippen LogP contribution in [-0.4, -0.2) is 41.6 Å². The van der Waals surface area contributed by atoms with Gasteiger partial charge in [-0.15, -0.1) is 0 Å². The Bertz CT molecular complexity index is 965. The number of aliphatic carboxylic acids is 1. The van der Waals surface area contributed by atoms with Crippen LogP contribution in [0.2, 0.25) is 0 Å². The summed E-state index contributed by atoms with van der Waals surface area (Å²) in [6, 6.07) is 0. The fraction of sp³-hybridized carbons (Fsp3) is 0.871. The summed E-state index contributed by atoms with van der Waals surface area (Å²) in [4.78, 5) is 23.0. The molecule has 6 aliphatic rings. The molecule has 2 heterocycles. The Morgan fingerprint density at radius 2 is 1.89 bits per heavy atom. The molecule has 11 atom stereocenters. The first kappa shape index (κ1) is 25.9. The van der Waals surface area contributed by atoms with Crippen LogP contribution in [0.5, 0.6) is 0 Å². The van der Waals surface area contributed by atoms with Gasteiger partial charge in [0.1, 0.15) is 6.10 Å². The number of rotatable bonds is 4. The van der Waals surface area contributed by atoms with Crippen LogP contribution in [0.25, 0.3) is 0 Å². The first-order chi connectivity index (χ1) is 17.6. The lowest BCUT2D eigenvalue weighted by atomic mass is 9.47. The highest BCUT2D eigenvalue weighted by Gasteiger charge is 2.68. The Labute approximate surface area is 221 Å². The highest BCUT2D eigenvalue weighted by atomic mass is 16.7. The summed E-state index contributed by atoms with van der Waals surface area (Å²) >= 11 is 0. The van der Waals surface area contributed by atoms with Gasteiger partial charge in [-0.05, 0) is 85.4 Å². The molecule has 0 aromatic heterocycles. The van der Waals surface area contributed by atoms with Gasteiger partial charge in [-0.25, -0.2) is 0 Å². The van der Waals surface area contributed by atoms with Crippen molar-refractivity contribution in [2.24, 2.45) is 46.3 Å². The lowest BCUT2D eigenvalue weighted by molar-refractivity contribution is -0.272. The molecule has 1 N–H and O–H groups in total. The summed E-state index contributed by atoms with van der Waals surface area (Å²) in [5.74, 6) is 2.08. The van der Waals surface area contributed by atoms with E-state index in [4.69, 9.17) is 19.3 Å². The molecule has 5 fully saturated rings. The molecule has 0 radical (unpaired) electrons. The van der Waals surface area contributed by atoms with Crippen molar-refractivity contribution >= 4 is 11.9 Å². The first-order valence-electron chi connectivity index (χ1n) is 15.0. The van der Waals surface area contributed by atoms with E-state index in [2.05, 4.69) is 33.8 Å². The van der Waals surface area contributed by atoms with Gasteiger partial charge >= 0.3 is 11.9 Å². The summed E-state index contributed by atoms with van der Waals surface area (Å²) in [5.41, 5.74) is 1.98. The van der Waals surface area contributed by atoms with Gasteiger partial charge in [0, 0.05) is 18.8 Å². The fourth-order valence-electron chi connectivity index (χ4n) is 10.2. The summed E-state index contributed by atoms with van der Waals surface area (Å²) in [5, 5.41) is 8.86. The molecule has 0 unspecified atom stereocenters. The van der Waals surface area contributed by atoms with Gasteiger partial charge in [-0.2, -0.15) is 0 Å². The number of carboxylic acid groups (broad SMARTS) is 1. The van der Waals surface area contributed by atoms with Gasteiger partial charge < -0.3 is 19.3 Å². The van der Waals surface area contributed by atoms with Crippen molar-refractivity contribution in [3.63, 3.8) is 0 Å². The normalized spacial score (nSPS) is 50.4. The minimum absolute atomic E-state index is 0.0404. The van der Waals surface area contributed by atoms with Crippen LogP contribution in [0.15, 0.2) is 11.6 Å². The summed E-state index contributed by atoms with van der Waals surface area (Å²) in [7, 11) is 0. The average Bonchev–Trinajstić information content (AvgIpc) is 3.30. The molecule has 2 saturated heterocycles. The van der Waals surface area contributed by atoms with Gasteiger partial charge in [0.15, 0.2) is 5.79 Å². The number of carboxylic acids is 1. The lowest BCUT2D eigenvalue weighted by Gasteiger charge is -2.58. The zero-order chi connectivity index (χ0) is 26.2. The molecule has 3 saturated carbocycles. The average molecular weight is 515 g/mol. The van der Waals surface area contributed by atoms with Crippen molar-refractivity contribution in [2.75, 3.05) is 6.61 Å². The molecule has 0 aromatic carbocycles. The monoisotopic (exact) mass is 514 g/mol. The van der Waals surface area contributed by atoms with Gasteiger partial charge in [-0.3, -0.25) is 9.59 Å². The molecular formula is C31H46O6. The minimum atomic E-state index is -0.953. The van der Waals surface area contributed by atoms with E-state index in [-0.39, 0.29) is 36.1 Å². The van der Waals surface area contributed by atoms with Gasteiger partial charge in [0.25, 0.3) is 0 Å². The SMILES string of the molecule is C[C@H]1CC[C@@]2(OC1)O[C@H]1C[C@H]3[C@@H]4CC=C5C[C@H](OC(=O)CCC(=O)O)CC[C@]5(C)[C@H]4CC[C@]3(C)[C@H]1[C@@H]2C. The topological polar surface area (TPSA) is 82.1 Å². The molecule has 6 heteroatoms. The van der Waals surface area contributed by atoms with Crippen LogP contribution in [0.3, 0.4) is 0 Å². The predicted molar refractivity (Wildman–Crippen MR) is 138 cm³/mol. The molecule has 0 amide bonds.